The Balaban J connectivity index is 1.37. The summed E-state index contributed by atoms with van der Waals surface area (Å²) in [5.74, 6) is -0.900. The van der Waals surface area contributed by atoms with Crippen LogP contribution in [0, 0.1) is 0 Å². The second kappa shape index (κ2) is 11.8. The number of aromatic hydroxyl groups is 1. The van der Waals surface area contributed by atoms with E-state index >= 15 is 0 Å². The highest BCUT2D eigenvalue weighted by atomic mass is 16.3. The molecule has 0 radical (unpaired) electrons. The number of carbonyl (C=O) groups excluding carboxylic acids is 2. The predicted octanol–water partition coefficient (Wildman–Crippen LogP) is 5.10. The Bertz CT molecular complexity index is 1640. The van der Waals surface area contributed by atoms with E-state index in [-0.39, 0.29) is 12.2 Å². The smallest absolute Gasteiger partial charge is 0.251 e. The summed E-state index contributed by atoms with van der Waals surface area (Å²) in [6.07, 6.45) is 4.11. The summed E-state index contributed by atoms with van der Waals surface area (Å²) in [5.41, 5.74) is 10.2. The molecule has 1 unspecified atom stereocenters. The van der Waals surface area contributed by atoms with Gasteiger partial charge < -0.3 is 16.2 Å². The van der Waals surface area contributed by atoms with Crippen molar-refractivity contribution in [3.05, 3.63) is 102 Å². The number of rotatable bonds is 10. The van der Waals surface area contributed by atoms with E-state index in [0.717, 1.165) is 58.4 Å². The fourth-order valence-electron chi connectivity index (χ4n) is 4.60. The molecule has 2 heterocycles. The lowest BCUT2D eigenvalue weighted by atomic mass is 10.0. The molecular weight excluding hydrogens is 502 g/mol. The average molecular weight is 534 g/mol. The van der Waals surface area contributed by atoms with E-state index in [0.29, 0.717) is 5.56 Å². The Morgan fingerprint density at radius 2 is 1.68 bits per heavy atom. The first-order chi connectivity index (χ1) is 19.4. The number of carbonyl (C=O) groups is 2. The number of benzene rings is 3. The third-order valence-electron chi connectivity index (χ3n) is 6.86. The molecule has 4 N–H and O–H groups in total. The van der Waals surface area contributed by atoms with Gasteiger partial charge in [0.1, 0.15) is 17.5 Å². The minimum absolute atomic E-state index is 0.125. The van der Waals surface area contributed by atoms with Crippen molar-refractivity contribution < 1.29 is 14.7 Å². The van der Waals surface area contributed by atoms with Gasteiger partial charge in [0.15, 0.2) is 0 Å². The summed E-state index contributed by atoms with van der Waals surface area (Å²) in [7, 11) is 0. The van der Waals surface area contributed by atoms with E-state index in [1.54, 1.807) is 24.3 Å². The van der Waals surface area contributed by atoms with Gasteiger partial charge >= 0.3 is 0 Å². The van der Waals surface area contributed by atoms with Crippen LogP contribution in [0.2, 0.25) is 0 Å². The number of primary amides is 1. The van der Waals surface area contributed by atoms with Crippen molar-refractivity contribution in [3.63, 3.8) is 0 Å². The number of nitrogens with one attached hydrogen (secondary N) is 1. The molecule has 2 amide bonds. The van der Waals surface area contributed by atoms with Crippen LogP contribution >= 0.6 is 0 Å². The summed E-state index contributed by atoms with van der Waals surface area (Å²) in [6, 6.07) is 25.0. The molecule has 5 rings (SSSR count). The zero-order chi connectivity index (χ0) is 28.1. The molecule has 0 saturated carbocycles. The van der Waals surface area contributed by atoms with Gasteiger partial charge in [0.05, 0.1) is 11.4 Å². The normalized spacial score (nSPS) is 11.8. The summed E-state index contributed by atoms with van der Waals surface area (Å²) < 4.78 is 1.99. The highest BCUT2D eigenvalue weighted by Gasteiger charge is 2.20. The maximum absolute atomic E-state index is 13.0. The predicted molar refractivity (Wildman–Crippen MR) is 156 cm³/mol. The number of unbranched alkanes of at least 4 members (excludes halogenated alkanes) is 1. The Kier molecular flexibility index (Phi) is 7.87. The number of pyridine rings is 1. The lowest BCUT2D eigenvalue weighted by Crippen LogP contribution is -2.45. The fourth-order valence-corrected chi connectivity index (χ4v) is 4.60. The van der Waals surface area contributed by atoms with Crippen LogP contribution in [0.4, 0.5) is 0 Å². The van der Waals surface area contributed by atoms with Crippen molar-refractivity contribution in [2.24, 2.45) is 5.73 Å². The second-order valence-corrected chi connectivity index (χ2v) is 9.78. The average Bonchev–Trinajstić information content (AvgIpc) is 3.40. The molecule has 0 aliphatic heterocycles. The van der Waals surface area contributed by atoms with Crippen LogP contribution in [-0.4, -0.2) is 37.7 Å². The van der Waals surface area contributed by atoms with Crippen LogP contribution in [0.3, 0.4) is 0 Å². The van der Waals surface area contributed by atoms with E-state index in [4.69, 9.17) is 10.8 Å². The summed E-state index contributed by atoms with van der Waals surface area (Å²) in [5, 5.41) is 19.3. The molecule has 8 nitrogen and oxygen atoms in total. The zero-order valence-electron chi connectivity index (χ0n) is 22.2. The van der Waals surface area contributed by atoms with Gasteiger partial charge in [-0.2, -0.15) is 5.10 Å². The SMILES string of the molecule is CCCCn1nc(-c2cc3ccccc3cn2)cc1-c1ccc(C(=O)NC(Cc2ccc(O)cc2)C(N)=O)cc1. The second-order valence-electron chi connectivity index (χ2n) is 9.78. The van der Waals surface area contributed by atoms with Gasteiger partial charge in [-0.25, -0.2) is 0 Å². The molecule has 0 saturated heterocycles. The molecule has 202 valence electrons. The first kappa shape index (κ1) is 26.6. The molecule has 5 aromatic rings. The quantitative estimate of drug-likeness (QED) is 0.231. The number of aromatic nitrogens is 3. The Morgan fingerprint density at radius 1 is 0.950 bits per heavy atom. The Hall–Kier alpha value is -4.98. The van der Waals surface area contributed by atoms with Crippen LogP contribution in [0.5, 0.6) is 5.75 Å². The van der Waals surface area contributed by atoms with Gasteiger partial charge in [-0.3, -0.25) is 19.3 Å². The van der Waals surface area contributed by atoms with Gasteiger partial charge in [-0.05, 0) is 59.3 Å². The van der Waals surface area contributed by atoms with Crippen LogP contribution in [0.1, 0.15) is 35.7 Å². The molecule has 2 aromatic heterocycles. The number of hydrogen-bond acceptors (Lipinski definition) is 5. The van der Waals surface area contributed by atoms with E-state index in [1.807, 2.05) is 53.3 Å². The molecule has 0 fully saturated rings. The van der Waals surface area contributed by atoms with Crippen molar-refractivity contribution in [2.75, 3.05) is 0 Å². The van der Waals surface area contributed by atoms with Gasteiger partial charge in [0, 0.05) is 30.1 Å². The molecule has 0 bridgehead atoms. The molecule has 0 aliphatic rings. The lowest BCUT2D eigenvalue weighted by molar-refractivity contribution is -0.119. The lowest BCUT2D eigenvalue weighted by Gasteiger charge is -2.16. The first-order valence-corrected chi connectivity index (χ1v) is 13.3. The van der Waals surface area contributed by atoms with Crippen LogP contribution in [0.25, 0.3) is 33.4 Å². The summed E-state index contributed by atoms with van der Waals surface area (Å²) in [6.45, 7) is 2.91. The number of aryl methyl sites for hydroxylation is 1. The minimum atomic E-state index is -0.885. The summed E-state index contributed by atoms with van der Waals surface area (Å²) in [4.78, 5) is 29.6. The number of hydrogen-bond donors (Lipinski definition) is 3. The molecule has 3 aromatic carbocycles. The monoisotopic (exact) mass is 533 g/mol. The van der Waals surface area contributed by atoms with Crippen molar-refractivity contribution in [1.29, 1.82) is 0 Å². The van der Waals surface area contributed by atoms with Crippen molar-refractivity contribution in [2.45, 2.75) is 38.8 Å². The van der Waals surface area contributed by atoms with Gasteiger partial charge in [-0.1, -0.05) is 61.9 Å². The van der Waals surface area contributed by atoms with E-state index < -0.39 is 17.9 Å². The van der Waals surface area contributed by atoms with Gasteiger partial charge in [-0.15, -0.1) is 0 Å². The third kappa shape index (κ3) is 6.02. The highest BCUT2D eigenvalue weighted by molar-refractivity contribution is 5.97. The molecule has 8 heteroatoms. The van der Waals surface area contributed by atoms with Crippen LogP contribution in [0.15, 0.2) is 91.1 Å². The number of amides is 2. The number of nitrogens with two attached hydrogens (primary N) is 1. The highest BCUT2D eigenvalue weighted by Crippen LogP contribution is 2.28. The number of phenolic OH excluding ortho intramolecular Hbond substituents is 1. The first-order valence-electron chi connectivity index (χ1n) is 13.3. The van der Waals surface area contributed by atoms with Gasteiger partial charge in [0.2, 0.25) is 5.91 Å². The van der Waals surface area contributed by atoms with E-state index in [2.05, 4.69) is 23.3 Å². The number of phenols is 1. The maximum atomic E-state index is 13.0. The Labute approximate surface area is 232 Å². The molecule has 0 spiro atoms. The number of fused-ring (bicyclic) bond motifs is 1. The Morgan fingerprint density at radius 3 is 2.38 bits per heavy atom. The van der Waals surface area contributed by atoms with Crippen molar-refractivity contribution >= 4 is 22.6 Å². The maximum Gasteiger partial charge on any atom is 0.251 e. The third-order valence-corrected chi connectivity index (χ3v) is 6.86. The molecule has 40 heavy (non-hydrogen) atoms. The van der Waals surface area contributed by atoms with Crippen LogP contribution in [-0.2, 0) is 17.8 Å². The molecule has 0 aliphatic carbocycles. The van der Waals surface area contributed by atoms with E-state index in [1.165, 1.54) is 12.1 Å². The number of nitrogens with zero attached hydrogens (tertiary/aromatic N) is 3. The van der Waals surface area contributed by atoms with Gasteiger partial charge in [0.25, 0.3) is 5.91 Å². The largest absolute Gasteiger partial charge is 0.508 e. The summed E-state index contributed by atoms with van der Waals surface area (Å²) >= 11 is 0. The van der Waals surface area contributed by atoms with Crippen molar-refractivity contribution in [3.8, 4) is 28.4 Å². The fraction of sp³-hybridized carbons (Fsp3) is 0.188. The van der Waals surface area contributed by atoms with Crippen LogP contribution < -0.4 is 11.1 Å². The molecule has 1 atom stereocenters. The minimum Gasteiger partial charge on any atom is -0.508 e. The van der Waals surface area contributed by atoms with E-state index in [9.17, 15) is 14.7 Å². The standard InChI is InChI=1S/C32H31N5O3/c1-2-3-16-37-30(19-28(36-37)27-18-24-6-4-5-7-25(24)20-34-27)22-10-12-23(13-11-22)32(40)35-29(31(33)39)17-21-8-14-26(38)15-9-21/h4-15,18-20,29,38H,2-3,16-17H2,1H3,(H2,33,39)(H,35,40). The van der Waals surface area contributed by atoms with Crippen molar-refractivity contribution in [1.82, 2.24) is 20.1 Å². The molecular formula is C32H31N5O3. The zero-order valence-corrected chi connectivity index (χ0v) is 22.2. The topological polar surface area (TPSA) is 123 Å².